The van der Waals surface area contributed by atoms with E-state index < -0.39 is 0 Å². The Kier molecular flexibility index (Phi) is 7.86. The van der Waals surface area contributed by atoms with E-state index in [-0.39, 0.29) is 5.91 Å². The molecule has 0 radical (unpaired) electrons. The highest BCUT2D eigenvalue weighted by Gasteiger charge is 2.10. The van der Waals surface area contributed by atoms with Gasteiger partial charge in [0.1, 0.15) is 5.75 Å². The second-order valence-electron chi connectivity index (χ2n) is 7.48. The maximum Gasteiger partial charge on any atom is 0.255 e. The van der Waals surface area contributed by atoms with Crippen LogP contribution in [0.15, 0.2) is 48.5 Å². The smallest absolute Gasteiger partial charge is 0.255 e. The standard InChI is InChI=1S/C23H32N2O2/c1-6-19-7-9-20(10-8-19)23(26)24-21-11-13-22(14-12-21)27-16-18(4)15-25(5)17(2)3/h7-14,17-18H,6,15-16H2,1-5H3,(H,24,26). The number of nitrogens with zero attached hydrogens (tertiary/aromatic N) is 1. The third-order valence-electron chi connectivity index (χ3n) is 4.75. The van der Waals surface area contributed by atoms with Gasteiger partial charge in [0.15, 0.2) is 0 Å². The molecular weight excluding hydrogens is 336 g/mol. The highest BCUT2D eigenvalue weighted by Crippen LogP contribution is 2.18. The first-order valence-electron chi connectivity index (χ1n) is 9.72. The Bertz CT molecular complexity index is 708. The van der Waals surface area contributed by atoms with Crippen molar-refractivity contribution in [3.63, 3.8) is 0 Å². The predicted octanol–water partition coefficient (Wildman–Crippen LogP) is 4.86. The van der Waals surface area contributed by atoms with Gasteiger partial charge in [-0.3, -0.25) is 4.79 Å². The van der Waals surface area contributed by atoms with Crippen LogP contribution in [0.3, 0.4) is 0 Å². The summed E-state index contributed by atoms with van der Waals surface area (Å²) in [6.45, 7) is 10.4. The van der Waals surface area contributed by atoms with E-state index in [0.717, 1.165) is 24.4 Å². The van der Waals surface area contributed by atoms with E-state index in [0.29, 0.717) is 24.1 Å². The largest absolute Gasteiger partial charge is 0.493 e. The fourth-order valence-electron chi connectivity index (χ4n) is 2.72. The molecule has 27 heavy (non-hydrogen) atoms. The van der Waals surface area contributed by atoms with Crippen molar-refractivity contribution in [1.29, 1.82) is 0 Å². The lowest BCUT2D eigenvalue weighted by molar-refractivity contribution is 0.102. The minimum Gasteiger partial charge on any atom is -0.493 e. The summed E-state index contributed by atoms with van der Waals surface area (Å²) in [6, 6.07) is 15.8. The van der Waals surface area contributed by atoms with Crippen LogP contribution in [0.4, 0.5) is 5.69 Å². The number of carbonyl (C=O) groups is 1. The van der Waals surface area contributed by atoms with Crippen LogP contribution in [0.1, 0.15) is 43.6 Å². The summed E-state index contributed by atoms with van der Waals surface area (Å²) in [7, 11) is 2.13. The SMILES string of the molecule is CCc1ccc(C(=O)Nc2ccc(OCC(C)CN(C)C(C)C)cc2)cc1. The van der Waals surface area contributed by atoms with Crippen molar-refractivity contribution in [1.82, 2.24) is 4.90 Å². The second kappa shape index (κ2) is 10.1. The lowest BCUT2D eigenvalue weighted by atomic mass is 10.1. The molecule has 1 atom stereocenters. The number of hydrogen-bond acceptors (Lipinski definition) is 3. The van der Waals surface area contributed by atoms with Crippen LogP contribution in [0.25, 0.3) is 0 Å². The number of rotatable bonds is 9. The number of nitrogens with one attached hydrogen (secondary N) is 1. The first-order chi connectivity index (χ1) is 12.9. The summed E-state index contributed by atoms with van der Waals surface area (Å²) in [4.78, 5) is 14.6. The molecule has 146 valence electrons. The van der Waals surface area contributed by atoms with Crippen molar-refractivity contribution >= 4 is 11.6 Å². The lowest BCUT2D eigenvalue weighted by Gasteiger charge is -2.24. The average Bonchev–Trinajstić information content (AvgIpc) is 2.67. The highest BCUT2D eigenvalue weighted by atomic mass is 16.5. The third-order valence-corrected chi connectivity index (χ3v) is 4.75. The van der Waals surface area contributed by atoms with Gasteiger partial charge in [-0.15, -0.1) is 0 Å². The van der Waals surface area contributed by atoms with Crippen molar-refractivity contribution in [2.24, 2.45) is 5.92 Å². The summed E-state index contributed by atoms with van der Waals surface area (Å²) in [5.41, 5.74) is 2.65. The molecule has 4 heteroatoms. The average molecular weight is 369 g/mol. The normalized spacial score (nSPS) is 12.3. The monoisotopic (exact) mass is 368 g/mol. The van der Waals surface area contributed by atoms with Gasteiger partial charge >= 0.3 is 0 Å². The van der Waals surface area contributed by atoms with Gasteiger partial charge in [-0.05, 0) is 69.3 Å². The molecule has 0 heterocycles. The minimum absolute atomic E-state index is 0.100. The van der Waals surface area contributed by atoms with E-state index in [1.54, 1.807) is 0 Å². The topological polar surface area (TPSA) is 41.6 Å². The number of aryl methyl sites for hydroxylation is 1. The molecule has 1 amide bonds. The first-order valence-corrected chi connectivity index (χ1v) is 9.72. The van der Waals surface area contributed by atoms with E-state index >= 15 is 0 Å². The molecule has 0 saturated heterocycles. The van der Waals surface area contributed by atoms with Crippen molar-refractivity contribution < 1.29 is 9.53 Å². The number of ether oxygens (including phenoxy) is 1. The van der Waals surface area contributed by atoms with Gasteiger partial charge < -0.3 is 15.0 Å². The molecule has 0 aliphatic heterocycles. The molecule has 0 spiro atoms. The molecule has 2 aromatic carbocycles. The van der Waals surface area contributed by atoms with Crippen LogP contribution >= 0.6 is 0 Å². The lowest BCUT2D eigenvalue weighted by Crippen LogP contribution is -2.32. The Morgan fingerprint density at radius 1 is 1.04 bits per heavy atom. The van der Waals surface area contributed by atoms with Crippen LogP contribution in [0, 0.1) is 5.92 Å². The van der Waals surface area contributed by atoms with Crippen LogP contribution < -0.4 is 10.1 Å². The molecule has 0 saturated carbocycles. The second-order valence-corrected chi connectivity index (χ2v) is 7.48. The van der Waals surface area contributed by atoms with E-state index in [1.165, 1.54) is 5.56 Å². The zero-order chi connectivity index (χ0) is 19.8. The van der Waals surface area contributed by atoms with Gasteiger partial charge in [-0.1, -0.05) is 26.0 Å². The molecule has 1 unspecified atom stereocenters. The van der Waals surface area contributed by atoms with Crippen molar-refractivity contribution in [3.8, 4) is 5.75 Å². The summed E-state index contributed by atoms with van der Waals surface area (Å²) in [5.74, 6) is 1.17. The molecule has 0 fully saturated rings. The van der Waals surface area contributed by atoms with Crippen molar-refractivity contribution in [3.05, 3.63) is 59.7 Å². The van der Waals surface area contributed by atoms with Crippen LogP contribution in [-0.2, 0) is 6.42 Å². The summed E-state index contributed by atoms with van der Waals surface area (Å²) < 4.78 is 5.88. The number of anilines is 1. The molecule has 0 aliphatic rings. The van der Waals surface area contributed by atoms with Gasteiger partial charge in [0.05, 0.1) is 6.61 Å². The first kappa shape index (κ1) is 21.0. The number of benzene rings is 2. The molecule has 2 rings (SSSR count). The number of hydrogen-bond donors (Lipinski definition) is 1. The molecule has 0 aliphatic carbocycles. The Balaban J connectivity index is 1.84. The van der Waals surface area contributed by atoms with Crippen LogP contribution in [0.2, 0.25) is 0 Å². The minimum atomic E-state index is -0.100. The van der Waals surface area contributed by atoms with E-state index in [2.05, 4.69) is 45.0 Å². The molecule has 2 aromatic rings. The Morgan fingerprint density at radius 2 is 1.67 bits per heavy atom. The van der Waals surface area contributed by atoms with Crippen molar-refractivity contribution in [2.75, 3.05) is 25.5 Å². The van der Waals surface area contributed by atoms with Gasteiger partial charge in [-0.2, -0.15) is 0 Å². The van der Waals surface area contributed by atoms with Gasteiger partial charge in [0, 0.05) is 29.8 Å². The van der Waals surface area contributed by atoms with Gasteiger partial charge in [-0.25, -0.2) is 0 Å². The number of carbonyl (C=O) groups excluding carboxylic acids is 1. The van der Waals surface area contributed by atoms with Gasteiger partial charge in [0.2, 0.25) is 0 Å². The van der Waals surface area contributed by atoms with E-state index in [1.807, 2.05) is 48.5 Å². The van der Waals surface area contributed by atoms with E-state index in [9.17, 15) is 4.79 Å². The Morgan fingerprint density at radius 3 is 2.22 bits per heavy atom. The fraction of sp³-hybridized carbons (Fsp3) is 0.435. The quantitative estimate of drug-likeness (QED) is 0.687. The van der Waals surface area contributed by atoms with Crippen LogP contribution in [0.5, 0.6) is 5.75 Å². The zero-order valence-corrected chi connectivity index (χ0v) is 17.2. The van der Waals surface area contributed by atoms with E-state index in [4.69, 9.17) is 4.74 Å². The summed E-state index contributed by atoms with van der Waals surface area (Å²) in [5, 5.41) is 2.93. The fourth-order valence-corrected chi connectivity index (χ4v) is 2.72. The maximum atomic E-state index is 12.3. The van der Waals surface area contributed by atoms with Gasteiger partial charge in [0.25, 0.3) is 5.91 Å². The molecule has 0 bridgehead atoms. The molecular formula is C23H32N2O2. The van der Waals surface area contributed by atoms with Crippen molar-refractivity contribution in [2.45, 2.75) is 40.2 Å². The third kappa shape index (κ3) is 6.72. The Labute approximate surface area is 163 Å². The Hall–Kier alpha value is -2.33. The molecule has 0 aromatic heterocycles. The predicted molar refractivity (Wildman–Crippen MR) is 113 cm³/mol. The number of amides is 1. The maximum absolute atomic E-state index is 12.3. The zero-order valence-electron chi connectivity index (χ0n) is 17.2. The summed E-state index contributed by atoms with van der Waals surface area (Å²) >= 11 is 0. The highest BCUT2D eigenvalue weighted by molar-refractivity contribution is 6.04. The summed E-state index contributed by atoms with van der Waals surface area (Å²) in [6.07, 6.45) is 0.968. The molecule has 4 nitrogen and oxygen atoms in total. The molecule has 1 N–H and O–H groups in total. The van der Waals surface area contributed by atoms with Crippen LogP contribution in [-0.4, -0.2) is 37.0 Å².